The Hall–Kier alpha value is -2.28. The molecule has 0 spiro atoms. The number of hydrogen-bond acceptors (Lipinski definition) is 5. The largest absolute Gasteiger partial charge is 0.330 e. The second-order valence-corrected chi connectivity index (χ2v) is 6.29. The Kier molecular flexibility index (Phi) is 4.66. The van der Waals surface area contributed by atoms with E-state index in [4.69, 9.17) is 5.73 Å². The Morgan fingerprint density at radius 3 is 2.83 bits per heavy atom. The number of tetrazole rings is 1. The van der Waals surface area contributed by atoms with E-state index < -0.39 is 0 Å². The van der Waals surface area contributed by atoms with Gasteiger partial charge in [-0.05, 0) is 53.4 Å². The normalized spacial score (nSPS) is 16.9. The SMILES string of the molecule is NCC1(CC(=O)Nc2cccc(-n3cnnn3)c2)CCCCC1. The summed E-state index contributed by atoms with van der Waals surface area (Å²) in [6, 6.07) is 7.46. The summed E-state index contributed by atoms with van der Waals surface area (Å²) in [5.74, 6) is 0.0196. The Balaban J connectivity index is 1.67. The summed E-state index contributed by atoms with van der Waals surface area (Å²) < 4.78 is 1.55. The van der Waals surface area contributed by atoms with Crippen molar-refractivity contribution in [3.8, 4) is 5.69 Å². The maximum atomic E-state index is 12.4. The first-order valence-electron chi connectivity index (χ1n) is 8.04. The van der Waals surface area contributed by atoms with Crippen LogP contribution in [0, 0.1) is 5.41 Å². The fourth-order valence-electron chi connectivity index (χ4n) is 3.31. The van der Waals surface area contributed by atoms with Crippen LogP contribution in [0.25, 0.3) is 5.69 Å². The zero-order valence-electron chi connectivity index (χ0n) is 13.1. The third kappa shape index (κ3) is 3.73. The molecule has 0 radical (unpaired) electrons. The van der Waals surface area contributed by atoms with Crippen LogP contribution in [0.2, 0.25) is 0 Å². The average Bonchev–Trinajstić information content (AvgIpc) is 3.10. The molecule has 3 rings (SSSR count). The molecule has 3 N–H and O–H groups in total. The van der Waals surface area contributed by atoms with E-state index in [-0.39, 0.29) is 11.3 Å². The van der Waals surface area contributed by atoms with Crippen molar-refractivity contribution < 1.29 is 4.79 Å². The smallest absolute Gasteiger partial charge is 0.224 e. The van der Waals surface area contributed by atoms with Crippen molar-refractivity contribution in [1.29, 1.82) is 0 Å². The second-order valence-electron chi connectivity index (χ2n) is 6.29. The van der Waals surface area contributed by atoms with Crippen molar-refractivity contribution in [3.05, 3.63) is 30.6 Å². The van der Waals surface area contributed by atoms with Gasteiger partial charge in [-0.25, -0.2) is 4.68 Å². The number of aromatic nitrogens is 4. The molecule has 1 aromatic heterocycles. The van der Waals surface area contributed by atoms with Crippen LogP contribution >= 0.6 is 0 Å². The molecule has 1 amide bonds. The van der Waals surface area contributed by atoms with E-state index in [1.165, 1.54) is 25.6 Å². The van der Waals surface area contributed by atoms with Gasteiger partial charge in [0.05, 0.1) is 5.69 Å². The maximum Gasteiger partial charge on any atom is 0.224 e. The van der Waals surface area contributed by atoms with Gasteiger partial charge in [0.15, 0.2) is 0 Å². The van der Waals surface area contributed by atoms with Gasteiger partial charge in [-0.1, -0.05) is 25.3 Å². The van der Waals surface area contributed by atoms with Crippen molar-refractivity contribution in [2.45, 2.75) is 38.5 Å². The van der Waals surface area contributed by atoms with Crippen molar-refractivity contribution in [2.75, 3.05) is 11.9 Å². The Bertz CT molecular complexity index is 648. The molecule has 7 nitrogen and oxygen atoms in total. The zero-order valence-corrected chi connectivity index (χ0v) is 13.1. The van der Waals surface area contributed by atoms with Gasteiger partial charge in [-0.3, -0.25) is 4.79 Å². The van der Waals surface area contributed by atoms with Crippen LogP contribution in [-0.2, 0) is 4.79 Å². The van der Waals surface area contributed by atoms with Gasteiger partial charge in [-0.15, -0.1) is 5.10 Å². The number of nitrogens with one attached hydrogen (secondary N) is 1. The third-order valence-corrected chi connectivity index (χ3v) is 4.63. The number of amides is 1. The maximum absolute atomic E-state index is 12.4. The Labute approximate surface area is 135 Å². The lowest BCUT2D eigenvalue weighted by Crippen LogP contribution is -2.36. The van der Waals surface area contributed by atoms with Gasteiger partial charge in [0.25, 0.3) is 0 Å². The first-order valence-corrected chi connectivity index (χ1v) is 8.04. The van der Waals surface area contributed by atoms with Crippen molar-refractivity contribution >= 4 is 11.6 Å². The highest BCUT2D eigenvalue weighted by Gasteiger charge is 2.32. The monoisotopic (exact) mass is 314 g/mol. The minimum absolute atomic E-state index is 0.0196. The summed E-state index contributed by atoms with van der Waals surface area (Å²) in [7, 11) is 0. The summed E-state index contributed by atoms with van der Waals surface area (Å²) in [5, 5.41) is 14.1. The molecule has 1 aliphatic rings. The first-order chi connectivity index (χ1) is 11.2. The van der Waals surface area contributed by atoms with Crippen molar-refractivity contribution in [3.63, 3.8) is 0 Å². The van der Waals surface area contributed by atoms with Crippen molar-refractivity contribution in [2.24, 2.45) is 11.1 Å². The molecule has 23 heavy (non-hydrogen) atoms. The van der Waals surface area contributed by atoms with E-state index in [2.05, 4.69) is 20.8 Å². The third-order valence-electron chi connectivity index (χ3n) is 4.63. The molecule has 7 heteroatoms. The Morgan fingerprint density at radius 1 is 1.30 bits per heavy atom. The van der Waals surface area contributed by atoms with E-state index in [1.807, 2.05) is 24.3 Å². The highest BCUT2D eigenvalue weighted by molar-refractivity contribution is 5.91. The molecule has 0 unspecified atom stereocenters. The number of carbonyl (C=O) groups is 1. The predicted octanol–water partition coefficient (Wildman–Crippen LogP) is 1.90. The minimum atomic E-state index is -0.0320. The fourth-order valence-corrected chi connectivity index (χ4v) is 3.31. The average molecular weight is 314 g/mol. The van der Waals surface area contributed by atoms with E-state index in [1.54, 1.807) is 4.68 Å². The van der Waals surface area contributed by atoms with Gasteiger partial charge >= 0.3 is 0 Å². The molecule has 0 atom stereocenters. The molecule has 0 saturated heterocycles. The van der Waals surface area contributed by atoms with Crippen LogP contribution in [0.15, 0.2) is 30.6 Å². The summed E-state index contributed by atoms with van der Waals surface area (Å²) in [6.07, 6.45) is 7.67. The van der Waals surface area contributed by atoms with E-state index in [0.29, 0.717) is 13.0 Å². The van der Waals surface area contributed by atoms with Crippen LogP contribution in [0.1, 0.15) is 38.5 Å². The number of hydrogen-bond donors (Lipinski definition) is 2. The standard InChI is InChI=1S/C16H22N6O/c17-11-16(7-2-1-3-8-16)10-15(23)19-13-5-4-6-14(9-13)22-12-18-20-21-22/h4-6,9,12H,1-3,7-8,10-11,17H2,(H,19,23). The topological polar surface area (TPSA) is 98.7 Å². The number of nitrogens with zero attached hydrogens (tertiary/aromatic N) is 4. The molecule has 0 bridgehead atoms. The van der Waals surface area contributed by atoms with Crippen LogP contribution in [0.5, 0.6) is 0 Å². The van der Waals surface area contributed by atoms with E-state index >= 15 is 0 Å². The molecule has 1 fully saturated rings. The molecule has 2 aromatic rings. The van der Waals surface area contributed by atoms with E-state index in [0.717, 1.165) is 24.2 Å². The first kappa shape index (κ1) is 15.6. The number of anilines is 1. The number of carbonyl (C=O) groups excluding carboxylic acids is 1. The van der Waals surface area contributed by atoms with Gasteiger partial charge in [0, 0.05) is 12.1 Å². The molecular weight excluding hydrogens is 292 g/mol. The lowest BCUT2D eigenvalue weighted by Gasteiger charge is -2.35. The lowest BCUT2D eigenvalue weighted by molar-refractivity contribution is -0.118. The van der Waals surface area contributed by atoms with E-state index in [9.17, 15) is 4.79 Å². The number of benzene rings is 1. The molecule has 0 aliphatic heterocycles. The molecule has 1 aromatic carbocycles. The van der Waals surface area contributed by atoms with Crippen LogP contribution in [-0.4, -0.2) is 32.7 Å². The molecular formula is C16H22N6O. The summed E-state index contributed by atoms with van der Waals surface area (Å²) in [6.45, 7) is 0.574. The summed E-state index contributed by atoms with van der Waals surface area (Å²) in [5.41, 5.74) is 7.48. The number of rotatable bonds is 5. The molecule has 1 heterocycles. The second kappa shape index (κ2) is 6.87. The van der Waals surface area contributed by atoms with Gasteiger partial charge < -0.3 is 11.1 Å². The highest BCUT2D eigenvalue weighted by Crippen LogP contribution is 2.38. The van der Waals surface area contributed by atoms with Gasteiger partial charge in [0.1, 0.15) is 6.33 Å². The van der Waals surface area contributed by atoms with Crippen molar-refractivity contribution in [1.82, 2.24) is 20.2 Å². The van der Waals surface area contributed by atoms with Crippen LogP contribution in [0.3, 0.4) is 0 Å². The zero-order chi connectivity index (χ0) is 16.1. The lowest BCUT2D eigenvalue weighted by atomic mass is 9.71. The Morgan fingerprint density at radius 2 is 2.13 bits per heavy atom. The highest BCUT2D eigenvalue weighted by atomic mass is 16.1. The summed E-state index contributed by atoms with van der Waals surface area (Å²) >= 11 is 0. The molecule has 1 saturated carbocycles. The van der Waals surface area contributed by atoms with Gasteiger partial charge in [-0.2, -0.15) is 0 Å². The number of nitrogens with two attached hydrogens (primary N) is 1. The fraction of sp³-hybridized carbons (Fsp3) is 0.500. The quantitative estimate of drug-likeness (QED) is 0.878. The predicted molar refractivity (Wildman–Crippen MR) is 87.0 cm³/mol. The van der Waals surface area contributed by atoms with Crippen LogP contribution < -0.4 is 11.1 Å². The van der Waals surface area contributed by atoms with Gasteiger partial charge in [0.2, 0.25) is 5.91 Å². The minimum Gasteiger partial charge on any atom is -0.330 e. The molecule has 122 valence electrons. The summed E-state index contributed by atoms with van der Waals surface area (Å²) in [4.78, 5) is 12.4. The van der Waals surface area contributed by atoms with Crippen LogP contribution in [0.4, 0.5) is 5.69 Å². The molecule has 1 aliphatic carbocycles.